The van der Waals surface area contributed by atoms with Gasteiger partial charge in [-0.15, -0.1) is 10.2 Å². The second-order valence-corrected chi connectivity index (χ2v) is 7.43. The number of hydrogen-bond donors (Lipinski definition) is 2. The third-order valence-electron chi connectivity index (χ3n) is 3.76. The van der Waals surface area contributed by atoms with Gasteiger partial charge in [0.05, 0.1) is 0 Å². The number of ether oxygens (including phenoxy) is 1. The Labute approximate surface area is 165 Å². The SMILES string of the molecule is CC(C)(C)Nc1ccc(C(=O)Nc2ccc(OCc3ccccc3)cc2)nn1. The topological polar surface area (TPSA) is 76.1 Å². The fourth-order valence-corrected chi connectivity index (χ4v) is 2.47. The molecule has 6 heteroatoms. The largest absolute Gasteiger partial charge is 0.489 e. The van der Waals surface area contributed by atoms with Gasteiger partial charge in [0.25, 0.3) is 5.91 Å². The summed E-state index contributed by atoms with van der Waals surface area (Å²) < 4.78 is 5.75. The van der Waals surface area contributed by atoms with Gasteiger partial charge in [-0.25, -0.2) is 0 Å². The Morgan fingerprint density at radius 3 is 2.25 bits per heavy atom. The van der Waals surface area contributed by atoms with Crippen molar-refractivity contribution >= 4 is 17.4 Å². The summed E-state index contributed by atoms with van der Waals surface area (Å²) in [6.07, 6.45) is 0. The molecule has 1 heterocycles. The molecule has 3 aromatic rings. The van der Waals surface area contributed by atoms with Crippen LogP contribution in [0.15, 0.2) is 66.7 Å². The van der Waals surface area contributed by atoms with Gasteiger partial charge in [-0.3, -0.25) is 4.79 Å². The lowest BCUT2D eigenvalue weighted by atomic mass is 10.1. The summed E-state index contributed by atoms with van der Waals surface area (Å²) in [5.41, 5.74) is 1.89. The number of aromatic nitrogens is 2. The van der Waals surface area contributed by atoms with E-state index in [0.717, 1.165) is 11.3 Å². The van der Waals surface area contributed by atoms with Gasteiger partial charge in [-0.1, -0.05) is 30.3 Å². The quantitative estimate of drug-likeness (QED) is 0.661. The molecule has 0 aliphatic carbocycles. The maximum atomic E-state index is 12.3. The summed E-state index contributed by atoms with van der Waals surface area (Å²) >= 11 is 0. The molecule has 0 atom stereocenters. The van der Waals surface area contributed by atoms with E-state index in [9.17, 15) is 4.79 Å². The first-order valence-electron chi connectivity index (χ1n) is 9.09. The van der Waals surface area contributed by atoms with Crippen LogP contribution in [0.3, 0.4) is 0 Å². The van der Waals surface area contributed by atoms with Crippen LogP contribution in [0.5, 0.6) is 5.75 Å². The standard InChI is InChI=1S/C22H24N4O2/c1-22(2,3)24-20-14-13-19(25-26-20)21(27)23-17-9-11-18(12-10-17)28-15-16-7-5-4-6-8-16/h4-14H,15H2,1-3H3,(H,23,27)(H,24,26). The van der Waals surface area contributed by atoms with Crippen molar-refractivity contribution in [1.82, 2.24) is 10.2 Å². The van der Waals surface area contributed by atoms with Crippen molar-refractivity contribution in [2.24, 2.45) is 0 Å². The van der Waals surface area contributed by atoms with Crippen LogP contribution in [0.4, 0.5) is 11.5 Å². The van der Waals surface area contributed by atoms with Crippen molar-refractivity contribution in [2.45, 2.75) is 32.9 Å². The van der Waals surface area contributed by atoms with E-state index in [-0.39, 0.29) is 17.1 Å². The molecule has 0 bridgehead atoms. The summed E-state index contributed by atoms with van der Waals surface area (Å²) in [5.74, 6) is 1.05. The van der Waals surface area contributed by atoms with Crippen LogP contribution in [-0.4, -0.2) is 21.6 Å². The number of nitrogens with zero attached hydrogens (tertiary/aromatic N) is 2. The molecule has 0 spiro atoms. The Kier molecular flexibility index (Phi) is 5.89. The highest BCUT2D eigenvalue weighted by Crippen LogP contribution is 2.18. The summed E-state index contributed by atoms with van der Waals surface area (Å²) in [6, 6.07) is 20.6. The molecule has 0 saturated heterocycles. The predicted octanol–water partition coefficient (Wildman–Crippen LogP) is 4.52. The van der Waals surface area contributed by atoms with E-state index in [1.165, 1.54) is 0 Å². The average Bonchev–Trinajstić information content (AvgIpc) is 2.67. The molecule has 6 nitrogen and oxygen atoms in total. The van der Waals surface area contributed by atoms with Gasteiger partial charge >= 0.3 is 0 Å². The lowest BCUT2D eigenvalue weighted by Crippen LogP contribution is -2.27. The Bertz CT molecular complexity index is 902. The van der Waals surface area contributed by atoms with Crippen molar-refractivity contribution in [3.8, 4) is 5.75 Å². The highest BCUT2D eigenvalue weighted by Gasteiger charge is 2.12. The maximum absolute atomic E-state index is 12.3. The number of amides is 1. The van der Waals surface area contributed by atoms with Gasteiger partial charge in [0.15, 0.2) is 5.69 Å². The lowest BCUT2D eigenvalue weighted by molar-refractivity contribution is 0.102. The van der Waals surface area contributed by atoms with Crippen LogP contribution >= 0.6 is 0 Å². The Hall–Kier alpha value is -3.41. The normalized spacial score (nSPS) is 11.0. The molecule has 0 aliphatic heterocycles. The molecule has 0 unspecified atom stereocenters. The summed E-state index contributed by atoms with van der Waals surface area (Å²) in [7, 11) is 0. The number of carbonyl (C=O) groups excluding carboxylic acids is 1. The molecule has 144 valence electrons. The zero-order chi connectivity index (χ0) is 20.0. The first-order chi connectivity index (χ1) is 13.4. The van der Waals surface area contributed by atoms with Crippen molar-refractivity contribution in [3.05, 3.63) is 78.0 Å². The smallest absolute Gasteiger partial charge is 0.276 e. The fourth-order valence-electron chi connectivity index (χ4n) is 2.47. The Morgan fingerprint density at radius 2 is 1.64 bits per heavy atom. The average molecular weight is 376 g/mol. The summed E-state index contributed by atoms with van der Waals surface area (Å²) in [4.78, 5) is 12.3. The molecule has 1 aromatic heterocycles. The van der Waals surface area contributed by atoms with Gasteiger partial charge in [0, 0.05) is 11.2 Å². The van der Waals surface area contributed by atoms with Crippen molar-refractivity contribution in [2.75, 3.05) is 10.6 Å². The van der Waals surface area contributed by atoms with Gasteiger partial charge < -0.3 is 15.4 Å². The highest BCUT2D eigenvalue weighted by molar-refractivity contribution is 6.02. The predicted molar refractivity (Wildman–Crippen MR) is 111 cm³/mol. The van der Waals surface area contributed by atoms with E-state index in [0.29, 0.717) is 18.1 Å². The summed E-state index contributed by atoms with van der Waals surface area (Å²) in [5, 5.41) is 14.1. The summed E-state index contributed by atoms with van der Waals surface area (Å²) in [6.45, 7) is 6.59. The number of nitrogens with one attached hydrogen (secondary N) is 2. The van der Waals surface area contributed by atoms with Crippen LogP contribution in [0.1, 0.15) is 36.8 Å². The van der Waals surface area contributed by atoms with Crippen molar-refractivity contribution < 1.29 is 9.53 Å². The molecule has 1 amide bonds. The van der Waals surface area contributed by atoms with Crippen molar-refractivity contribution in [1.29, 1.82) is 0 Å². The fraction of sp³-hybridized carbons (Fsp3) is 0.227. The molecule has 3 rings (SSSR count). The number of hydrogen-bond acceptors (Lipinski definition) is 5. The molecule has 0 saturated carbocycles. The third kappa shape index (κ3) is 5.81. The van der Waals surface area contributed by atoms with Gasteiger partial charge in [0.2, 0.25) is 0 Å². The minimum absolute atomic E-state index is 0.122. The van der Waals surface area contributed by atoms with E-state index < -0.39 is 0 Å². The molecule has 0 fully saturated rings. The minimum atomic E-state index is -0.312. The van der Waals surface area contributed by atoms with Gasteiger partial charge in [0.1, 0.15) is 18.2 Å². The van der Waals surface area contributed by atoms with E-state index in [2.05, 4.69) is 20.8 Å². The van der Waals surface area contributed by atoms with E-state index in [1.54, 1.807) is 24.3 Å². The van der Waals surface area contributed by atoms with Crippen LogP contribution in [0, 0.1) is 0 Å². The van der Waals surface area contributed by atoms with E-state index >= 15 is 0 Å². The minimum Gasteiger partial charge on any atom is -0.489 e. The van der Waals surface area contributed by atoms with Crippen LogP contribution in [0.25, 0.3) is 0 Å². The zero-order valence-electron chi connectivity index (χ0n) is 16.3. The molecule has 2 aromatic carbocycles. The maximum Gasteiger partial charge on any atom is 0.276 e. The first kappa shape index (κ1) is 19.4. The molecular weight excluding hydrogens is 352 g/mol. The van der Waals surface area contributed by atoms with Gasteiger partial charge in [-0.2, -0.15) is 0 Å². The number of rotatable bonds is 6. The number of benzene rings is 2. The second kappa shape index (κ2) is 8.52. The number of carbonyl (C=O) groups is 1. The Balaban J connectivity index is 1.55. The second-order valence-electron chi connectivity index (χ2n) is 7.43. The van der Waals surface area contributed by atoms with Crippen molar-refractivity contribution in [3.63, 3.8) is 0 Å². The monoisotopic (exact) mass is 376 g/mol. The van der Waals surface area contributed by atoms with Crippen LogP contribution < -0.4 is 15.4 Å². The zero-order valence-corrected chi connectivity index (χ0v) is 16.3. The lowest BCUT2D eigenvalue weighted by Gasteiger charge is -2.20. The molecule has 28 heavy (non-hydrogen) atoms. The van der Waals surface area contributed by atoms with E-state index in [4.69, 9.17) is 4.74 Å². The molecule has 0 aliphatic rings. The third-order valence-corrected chi connectivity index (χ3v) is 3.76. The first-order valence-corrected chi connectivity index (χ1v) is 9.09. The van der Waals surface area contributed by atoms with Crippen LogP contribution in [0.2, 0.25) is 0 Å². The Morgan fingerprint density at radius 1 is 0.929 bits per heavy atom. The van der Waals surface area contributed by atoms with Gasteiger partial charge in [-0.05, 0) is 62.7 Å². The molecule has 2 N–H and O–H groups in total. The van der Waals surface area contributed by atoms with Crippen LogP contribution in [-0.2, 0) is 6.61 Å². The number of anilines is 2. The molecule has 0 radical (unpaired) electrons. The molecular formula is C22H24N4O2. The van der Waals surface area contributed by atoms with E-state index in [1.807, 2.05) is 63.2 Å². The highest BCUT2D eigenvalue weighted by atomic mass is 16.5.